The highest BCUT2D eigenvalue weighted by Gasteiger charge is 2.13. The van der Waals surface area contributed by atoms with Crippen LogP contribution in [-0.2, 0) is 6.54 Å². The second-order valence-electron chi connectivity index (χ2n) is 4.79. The predicted octanol–water partition coefficient (Wildman–Crippen LogP) is 1.88. The van der Waals surface area contributed by atoms with Gasteiger partial charge in [0.1, 0.15) is 5.75 Å². The largest absolute Gasteiger partial charge is 0.497 e. The van der Waals surface area contributed by atoms with Crippen LogP contribution in [0.2, 0.25) is 0 Å². The number of rotatable bonds is 3. The van der Waals surface area contributed by atoms with Crippen LogP contribution < -0.4 is 10.1 Å². The van der Waals surface area contributed by atoms with Gasteiger partial charge in [0.05, 0.1) is 7.11 Å². The number of nitrogens with zero attached hydrogens (tertiary/aromatic N) is 1. The molecule has 1 N–H and O–H groups in total. The molecule has 1 heterocycles. The number of benzene rings is 1. The third-order valence-electron chi connectivity index (χ3n) is 3.24. The smallest absolute Gasteiger partial charge is 0.118 e. The first-order valence-electron chi connectivity index (χ1n) is 6.36. The summed E-state index contributed by atoms with van der Waals surface area (Å²) in [5, 5.41) is 3.52. The van der Waals surface area contributed by atoms with Gasteiger partial charge in [-0.2, -0.15) is 0 Å². The lowest BCUT2D eigenvalue weighted by Crippen LogP contribution is -2.34. The van der Waals surface area contributed by atoms with Crippen molar-refractivity contribution in [3.63, 3.8) is 0 Å². The molecule has 0 saturated carbocycles. The fraction of sp³-hybridized carbons (Fsp3) is 0.571. The van der Waals surface area contributed by atoms with E-state index in [1.165, 1.54) is 18.5 Å². The lowest BCUT2D eigenvalue weighted by molar-refractivity contribution is 0.264. The second-order valence-corrected chi connectivity index (χ2v) is 4.79. The molecule has 0 aromatic heterocycles. The lowest BCUT2D eigenvalue weighted by atomic mass is 10.2. The summed E-state index contributed by atoms with van der Waals surface area (Å²) < 4.78 is 5.17. The van der Waals surface area contributed by atoms with E-state index >= 15 is 0 Å². The molecule has 3 nitrogen and oxygen atoms in total. The number of methoxy groups -OCH3 is 1. The molecule has 0 radical (unpaired) electrons. The molecule has 1 unspecified atom stereocenters. The fourth-order valence-corrected chi connectivity index (χ4v) is 2.33. The molecule has 0 spiro atoms. The molecule has 1 aliphatic rings. The third-order valence-corrected chi connectivity index (χ3v) is 3.24. The quantitative estimate of drug-likeness (QED) is 0.864. The zero-order valence-electron chi connectivity index (χ0n) is 10.8. The fourth-order valence-electron chi connectivity index (χ4n) is 2.33. The Hall–Kier alpha value is -1.06. The number of hydrogen-bond donors (Lipinski definition) is 1. The number of nitrogens with one attached hydrogen (secondary N) is 1. The Kier molecular flexibility index (Phi) is 4.40. The Labute approximate surface area is 104 Å². The van der Waals surface area contributed by atoms with Crippen LogP contribution in [0.1, 0.15) is 18.9 Å². The first-order chi connectivity index (χ1) is 8.28. The molecule has 1 aromatic carbocycles. The van der Waals surface area contributed by atoms with Crippen LogP contribution in [0.4, 0.5) is 0 Å². The lowest BCUT2D eigenvalue weighted by Gasteiger charge is -2.22. The molecular formula is C14H22N2O. The standard InChI is InChI=1S/C14H22N2O/c1-12-10-16(9-3-8-15-12)11-13-4-6-14(17-2)7-5-13/h4-7,12,15H,3,8-11H2,1-2H3. The minimum absolute atomic E-state index is 0.593. The van der Waals surface area contributed by atoms with E-state index in [1.807, 2.05) is 12.1 Å². The Morgan fingerprint density at radius 2 is 2.12 bits per heavy atom. The van der Waals surface area contributed by atoms with Gasteiger partial charge in [0.25, 0.3) is 0 Å². The van der Waals surface area contributed by atoms with Gasteiger partial charge in [0.15, 0.2) is 0 Å². The monoisotopic (exact) mass is 234 g/mol. The van der Waals surface area contributed by atoms with E-state index in [1.54, 1.807) is 7.11 Å². The van der Waals surface area contributed by atoms with Crippen LogP contribution in [0.15, 0.2) is 24.3 Å². The molecular weight excluding hydrogens is 212 g/mol. The van der Waals surface area contributed by atoms with Gasteiger partial charge in [-0.3, -0.25) is 4.90 Å². The van der Waals surface area contributed by atoms with Crippen molar-refractivity contribution in [1.82, 2.24) is 10.2 Å². The van der Waals surface area contributed by atoms with Crippen LogP contribution >= 0.6 is 0 Å². The van der Waals surface area contributed by atoms with E-state index in [-0.39, 0.29) is 0 Å². The summed E-state index contributed by atoms with van der Waals surface area (Å²) in [4.78, 5) is 2.52. The van der Waals surface area contributed by atoms with Crippen molar-refractivity contribution in [2.75, 3.05) is 26.7 Å². The molecule has 0 bridgehead atoms. The number of hydrogen-bond acceptors (Lipinski definition) is 3. The van der Waals surface area contributed by atoms with E-state index in [9.17, 15) is 0 Å². The summed E-state index contributed by atoms with van der Waals surface area (Å²) >= 11 is 0. The third kappa shape index (κ3) is 3.72. The first-order valence-corrected chi connectivity index (χ1v) is 6.36. The Bertz CT molecular complexity index is 337. The van der Waals surface area contributed by atoms with Crippen molar-refractivity contribution in [3.05, 3.63) is 29.8 Å². The van der Waals surface area contributed by atoms with Crippen LogP contribution in [0.5, 0.6) is 5.75 Å². The summed E-state index contributed by atoms with van der Waals surface area (Å²) in [5.74, 6) is 0.930. The molecule has 17 heavy (non-hydrogen) atoms. The minimum atomic E-state index is 0.593. The summed E-state index contributed by atoms with van der Waals surface area (Å²) in [6, 6.07) is 8.98. The van der Waals surface area contributed by atoms with Crippen molar-refractivity contribution in [1.29, 1.82) is 0 Å². The Morgan fingerprint density at radius 1 is 1.35 bits per heavy atom. The highest BCUT2D eigenvalue weighted by atomic mass is 16.5. The summed E-state index contributed by atoms with van der Waals surface area (Å²) in [5.41, 5.74) is 1.36. The molecule has 1 atom stereocenters. The maximum atomic E-state index is 5.17. The van der Waals surface area contributed by atoms with Gasteiger partial charge in [-0.1, -0.05) is 12.1 Å². The summed E-state index contributed by atoms with van der Waals surface area (Å²) in [7, 11) is 1.71. The first kappa shape index (κ1) is 12.4. The van der Waals surface area contributed by atoms with E-state index in [4.69, 9.17) is 4.74 Å². The van der Waals surface area contributed by atoms with Crippen molar-refractivity contribution in [2.24, 2.45) is 0 Å². The SMILES string of the molecule is COc1ccc(CN2CCCNC(C)C2)cc1. The highest BCUT2D eigenvalue weighted by Crippen LogP contribution is 2.14. The van der Waals surface area contributed by atoms with Gasteiger partial charge in [-0.15, -0.1) is 0 Å². The van der Waals surface area contributed by atoms with Crippen LogP contribution in [-0.4, -0.2) is 37.7 Å². The average Bonchev–Trinajstić information content (AvgIpc) is 2.55. The maximum absolute atomic E-state index is 5.17. The van der Waals surface area contributed by atoms with Gasteiger partial charge >= 0.3 is 0 Å². The zero-order chi connectivity index (χ0) is 12.1. The van der Waals surface area contributed by atoms with E-state index in [0.717, 1.165) is 25.4 Å². The highest BCUT2D eigenvalue weighted by molar-refractivity contribution is 5.27. The topological polar surface area (TPSA) is 24.5 Å². The van der Waals surface area contributed by atoms with Gasteiger partial charge < -0.3 is 10.1 Å². The molecule has 1 aliphatic heterocycles. The molecule has 0 amide bonds. The summed E-state index contributed by atoms with van der Waals surface area (Å²) in [6.07, 6.45) is 1.24. The Morgan fingerprint density at radius 3 is 2.82 bits per heavy atom. The predicted molar refractivity (Wildman–Crippen MR) is 70.4 cm³/mol. The van der Waals surface area contributed by atoms with Crippen molar-refractivity contribution in [2.45, 2.75) is 25.9 Å². The van der Waals surface area contributed by atoms with Crippen molar-refractivity contribution >= 4 is 0 Å². The molecule has 1 saturated heterocycles. The van der Waals surface area contributed by atoms with Crippen molar-refractivity contribution in [3.8, 4) is 5.75 Å². The molecule has 0 aliphatic carbocycles. The van der Waals surface area contributed by atoms with E-state index < -0.39 is 0 Å². The number of ether oxygens (including phenoxy) is 1. The normalized spacial score (nSPS) is 22.1. The molecule has 2 rings (SSSR count). The van der Waals surface area contributed by atoms with E-state index in [2.05, 4.69) is 29.3 Å². The van der Waals surface area contributed by atoms with Crippen molar-refractivity contribution < 1.29 is 4.74 Å². The van der Waals surface area contributed by atoms with Gasteiger partial charge in [0.2, 0.25) is 0 Å². The second kappa shape index (κ2) is 6.03. The van der Waals surface area contributed by atoms with Crippen LogP contribution in [0, 0.1) is 0 Å². The zero-order valence-corrected chi connectivity index (χ0v) is 10.8. The molecule has 1 aromatic rings. The molecule has 94 valence electrons. The Balaban J connectivity index is 1.94. The maximum Gasteiger partial charge on any atom is 0.118 e. The van der Waals surface area contributed by atoms with Gasteiger partial charge in [-0.05, 0) is 44.1 Å². The molecule has 1 fully saturated rings. The van der Waals surface area contributed by atoms with Gasteiger partial charge in [-0.25, -0.2) is 0 Å². The summed E-state index contributed by atoms with van der Waals surface area (Å²) in [6.45, 7) is 6.75. The van der Waals surface area contributed by atoms with Gasteiger partial charge in [0, 0.05) is 19.1 Å². The minimum Gasteiger partial charge on any atom is -0.497 e. The van der Waals surface area contributed by atoms with Crippen LogP contribution in [0.25, 0.3) is 0 Å². The molecule has 3 heteroatoms. The average molecular weight is 234 g/mol. The van der Waals surface area contributed by atoms with Crippen LogP contribution in [0.3, 0.4) is 0 Å². The van der Waals surface area contributed by atoms with E-state index in [0.29, 0.717) is 6.04 Å².